The predicted octanol–water partition coefficient (Wildman–Crippen LogP) is 15.1. The van der Waals surface area contributed by atoms with Gasteiger partial charge in [0.25, 0.3) is 0 Å². The van der Waals surface area contributed by atoms with Gasteiger partial charge in [0, 0.05) is 16.9 Å². The van der Waals surface area contributed by atoms with Crippen LogP contribution < -0.4 is 4.90 Å². The molecule has 0 saturated carbocycles. The smallest absolute Gasteiger partial charge is 0.0714 e. The molecule has 0 aliphatic heterocycles. The van der Waals surface area contributed by atoms with Crippen molar-refractivity contribution in [1.82, 2.24) is 0 Å². The topological polar surface area (TPSA) is 3.24 Å². The normalized spacial score (nSPS) is 12.7. The lowest BCUT2D eigenvalue weighted by Crippen LogP contribution is -2.28. The molecular formula is C56H43N. The van der Waals surface area contributed by atoms with Crippen molar-refractivity contribution in [2.75, 3.05) is 4.90 Å². The second-order valence-electron chi connectivity index (χ2n) is 15.5. The van der Waals surface area contributed by atoms with Gasteiger partial charge in [0.15, 0.2) is 0 Å². The van der Waals surface area contributed by atoms with Gasteiger partial charge in [-0.3, -0.25) is 0 Å². The Labute approximate surface area is 336 Å². The first-order valence-electron chi connectivity index (χ1n) is 20.0. The van der Waals surface area contributed by atoms with Gasteiger partial charge in [-0.15, -0.1) is 0 Å². The highest BCUT2D eigenvalue weighted by atomic mass is 15.1. The van der Waals surface area contributed by atoms with E-state index in [2.05, 4.69) is 237 Å². The molecule has 0 bridgehead atoms. The standard InChI is InChI=1S/C56H43N/c1-39(2)48-26-14-15-27-49(48)52-36-42-20-12-13-21-43(42)37-55(52)57(46-32-30-41(31-33-46)40-18-6-3-7-19-40)47-34-35-51-50-28-16-17-29-53(50)56(54(51)38-47,44-22-8-4-9-23-44)45-24-10-5-11-25-45/h3-39H,1-2H3. The SMILES string of the molecule is CC(C)c1ccccc1-c1cc2ccccc2cc1N(c1ccc(-c2ccccc2)cc1)c1ccc2c(c1)C(c1ccccc1)(c1ccccc1)c1ccccc1-2. The molecule has 1 aliphatic carbocycles. The fraction of sp³-hybridized carbons (Fsp3) is 0.0714. The van der Waals surface area contributed by atoms with E-state index >= 15 is 0 Å². The molecule has 0 atom stereocenters. The van der Waals surface area contributed by atoms with Crippen LogP contribution in [-0.4, -0.2) is 0 Å². The van der Waals surface area contributed by atoms with Crippen molar-refractivity contribution in [2.24, 2.45) is 0 Å². The zero-order valence-electron chi connectivity index (χ0n) is 32.3. The molecule has 1 heteroatoms. The molecule has 57 heavy (non-hydrogen) atoms. The van der Waals surface area contributed by atoms with Crippen molar-refractivity contribution in [3.63, 3.8) is 0 Å². The summed E-state index contributed by atoms with van der Waals surface area (Å²) in [4.78, 5) is 2.50. The van der Waals surface area contributed by atoms with E-state index in [1.165, 1.54) is 72.0 Å². The second kappa shape index (κ2) is 14.3. The molecule has 0 aromatic heterocycles. The average Bonchev–Trinajstić information content (AvgIpc) is 3.58. The summed E-state index contributed by atoms with van der Waals surface area (Å²) in [5, 5.41) is 2.44. The lowest BCUT2D eigenvalue weighted by atomic mass is 9.67. The van der Waals surface area contributed by atoms with Gasteiger partial charge in [0.05, 0.1) is 11.1 Å². The van der Waals surface area contributed by atoms with Gasteiger partial charge >= 0.3 is 0 Å². The Kier molecular flexibility index (Phi) is 8.65. The largest absolute Gasteiger partial charge is 0.310 e. The minimum absolute atomic E-state index is 0.356. The Hall–Kier alpha value is -6.96. The fourth-order valence-electron chi connectivity index (χ4n) is 9.31. The Morgan fingerprint density at radius 1 is 0.368 bits per heavy atom. The van der Waals surface area contributed by atoms with Crippen LogP contribution >= 0.6 is 0 Å². The highest BCUT2D eigenvalue weighted by molar-refractivity contribution is 6.00. The van der Waals surface area contributed by atoms with Crippen molar-refractivity contribution in [2.45, 2.75) is 25.2 Å². The van der Waals surface area contributed by atoms with Crippen LogP contribution in [-0.2, 0) is 5.41 Å². The molecule has 0 radical (unpaired) electrons. The van der Waals surface area contributed by atoms with Crippen molar-refractivity contribution in [1.29, 1.82) is 0 Å². The summed E-state index contributed by atoms with van der Waals surface area (Å²) in [6.45, 7) is 4.59. The van der Waals surface area contributed by atoms with E-state index in [4.69, 9.17) is 0 Å². The average molecular weight is 730 g/mol. The number of rotatable bonds is 8. The lowest BCUT2D eigenvalue weighted by molar-refractivity contribution is 0.768. The molecule has 0 heterocycles. The Morgan fingerprint density at radius 2 is 0.877 bits per heavy atom. The molecule has 10 rings (SSSR count). The van der Waals surface area contributed by atoms with Gasteiger partial charge in [0.2, 0.25) is 0 Å². The van der Waals surface area contributed by atoms with Crippen LogP contribution in [0.5, 0.6) is 0 Å². The molecule has 0 fully saturated rings. The number of nitrogens with zero attached hydrogens (tertiary/aromatic N) is 1. The number of anilines is 3. The summed E-state index contributed by atoms with van der Waals surface area (Å²) < 4.78 is 0. The molecule has 0 unspecified atom stereocenters. The fourth-order valence-corrected chi connectivity index (χ4v) is 9.31. The third-order valence-electron chi connectivity index (χ3n) is 11.9. The van der Waals surface area contributed by atoms with Crippen LogP contribution in [0.4, 0.5) is 17.1 Å². The van der Waals surface area contributed by atoms with Crippen LogP contribution in [0.1, 0.15) is 47.6 Å². The zero-order chi connectivity index (χ0) is 38.3. The molecule has 0 N–H and O–H groups in total. The lowest BCUT2D eigenvalue weighted by Gasteiger charge is -2.35. The van der Waals surface area contributed by atoms with Crippen LogP contribution in [0.2, 0.25) is 0 Å². The van der Waals surface area contributed by atoms with Gasteiger partial charge in [-0.05, 0) is 109 Å². The second-order valence-corrected chi connectivity index (χ2v) is 15.5. The van der Waals surface area contributed by atoms with E-state index in [9.17, 15) is 0 Å². The summed E-state index contributed by atoms with van der Waals surface area (Å²) in [7, 11) is 0. The summed E-state index contributed by atoms with van der Waals surface area (Å²) in [5.74, 6) is 0.356. The van der Waals surface area contributed by atoms with E-state index in [1.54, 1.807) is 0 Å². The minimum atomic E-state index is -0.510. The first-order chi connectivity index (χ1) is 28.1. The summed E-state index contributed by atoms with van der Waals surface area (Å²) >= 11 is 0. The molecule has 1 aliphatic rings. The number of fused-ring (bicyclic) bond motifs is 4. The van der Waals surface area contributed by atoms with Crippen LogP contribution in [0.3, 0.4) is 0 Å². The van der Waals surface area contributed by atoms with Gasteiger partial charge in [0.1, 0.15) is 0 Å². The third kappa shape index (κ3) is 5.78. The van der Waals surface area contributed by atoms with Crippen LogP contribution in [0, 0.1) is 0 Å². The zero-order valence-corrected chi connectivity index (χ0v) is 32.3. The van der Waals surface area contributed by atoms with E-state index in [0.717, 1.165) is 17.1 Å². The first-order valence-corrected chi connectivity index (χ1v) is 20.0. The molecule has 0 spiro atoms. The molecular weight excluding hydrogens is 687 g/mol. The molecule has 9 aromatic carbocycles. The molecule has 1 nitrogen and oxygen atoms in total. The predicted molar refractivity (Wildman–Crippen MR) is 241 cm³/mol. The number of hydrogen-bond donors (Lipinski definition) is 0. The summed E-state index contributed by atoms with van der Waals surface area (Å²) in [6, 6.07) is 80.6. The first kappa shape index (κ1) is 34.5. The van der Waals surface area contributed by atoms with Crippen LogP contribution in [0.15, 0.2) is 218 Å². The maximum absolute atomic E-state index is 2.50. The molecule has 272 valence electrons. The Bertz CT molecular complexity index is 2820. The Morgan fingerprint density at radius 3 is 1.54 bits per heavy atom. The molecule has 0 saturated heterocycles. The van der Waals surface area contributed by atoms with E-state index in [0.29, 0.717) is 5.92 Å². The highest BCUT2D eigenvalue weighted by Crippen LogP contribution is 2.57. The number of hydrogen-bond acceptors (Lipinski definition) is 1. The Balaban J connectivity index is 1.28. The van der Waals surface area contributed by atoms with E-state index < -0.39 is 5.41 Å². The summed E-state index contributed by atoms with van der Waals surface area (Å²) in [6.07, 6.45) is 0. The van der Waals surface area contributed by atoms with Gasteiger partial charge in [-0.1, -0.05) is 196 Å². The van der Waals surface area contributed by atoms with Gasteiger partial charge in [-0.25, -0.2) is 0 Å². The van der Waals surface area contributed by atoms with Crippen molar-refractivity contribution >= 4 is 27.8 Å². The summed E-state index contributed by atoms with van der Waals surface area (Å²) in [5.41, 5.74) is 16.7. The van der Waals surface area contributed by atoms with Gasteiger partial charge < -0.3 is 4.90 Å². The molecule has 9 aromatic rings. The van der Waals surface area contributed by atoms with E-state index in [1.807, 2.05) is 0 Å². The van der Waals surface area contributed by atoms with E-state index in [-0.39, 0.29) is 0 Å². The highest BCUT2D eigenvalue weighted by Gasteiger charge is 2.46. The maximum atomic E-state index is 2.50. The quantitative estimate of drug-likeness (QED) is 0.151. The monoisotopic (exact) mass is 729 g/mol. The third-order valence-corrected chi connectivity index (χ3v) is 11.9. The minimum Gasteiger partial charge on any atom is -0.310 e. The van der Waals surface area contributed by atoms with Gasteiger partial charge in [-0.2, -0.15) is 0 Å². The van der Waals surface area contributed by atoms with Crippen LogP contribution in [0.25, 0.3) is 44.2 Å². The van der Waals surface area contributed by atoms with Crippen molar-refractivity contribution in [3.8, 4) is 33.4 Å². The van der Waals surface area contributed by atoms with Crippen molar-refractivity contribution < 1.29 is 0 Å². The molecule has 0 amide bonds. The maximum Gasteiger partial charge on any atom is 0.0714 e. The number of benzene rings is 9. The van der Waals surface area contributed by atoms with Crippen molar-refractivity contribution in [3.05, 3.63) is 246 Å².